The summed E-state index contributed by atoms with van der Waals surface area (Å²) in [4.78, 5) is 25.8. The standard InChI is InChI=1S/C20H19FN2O3/c1-14(12-15-4-2-3-5-18(15)21)20(25)22-16-6-8-17(9-7-16)23-10-11-26-13-19(23)24/h2-9,12H,10-11,13H2,1H3,(H,22,25)/b14-12+. The second-order valence-electron chi connectivity index (χ2n) is 5.95. The molecule has 0 aromatic heterocycles. The van der Waals surface area contributed by atoms with E-state index < -0.39 is 0 Å². The summed E-state index contributed by atoms with van der Waals surface area (Å²) in [6, 6.07) is 13.3. The van der Waals surface area contributed by atoms with Gasteiger partial charge in [-0.15, -0.1) is 0 Å². The van der Waals surface area contributed by atoms with E-state index in [9.17, 15) is 14.0 Å². The molecule has 2 aromatic rings. The minimum atomic E-state index is -0.376. The predicted molar refractivity (Wildman–Crippen MR) is 98.3 cm³/mol. The van der Waals surface area contributed by atoms with Crippen molar-refractivity contribution in [1.82, 2.24) is 0 Å². The molecule has 26 heavy (non-hydrogen) atoms. The Bertz CT molecular complexity index is 846. The van der Waals surface area contributed by atoms with Crippen molar-refractivity contribution in [1.29, 1.82) is 0 Å². The van der Waals surface area contributed by atoms with E-state index in [1.54, 1.807) is 54.3 Å². The topological polar surface area (TPSA) is 58.6 Å². The van der Waals surface area contributed by atoms with Crippen molar-refractivity contribution in [3.63, 3.8) is 0 Å². The first-order valence-electron chi connectivity index (χ1n) is 8.27. The molecule has 1 aliphatic rings. The minimum absolute atomic E-state index is 0.0819. The van der Waals surface area contributed by atoms with Crippen LogP contribution in [0.2, 0.25) is 0 Å². The summed E-state index contributed by atoms with van der Waals surface area (Å²) in [5.74, 6) is -0.778. The molecule has 0 radical (unpaired) electrons. The largest absolute Gasteiger partial charge is 0.370 e. The van der Waals surface area contributed by atoms with E-state index in [4.69, 9.17) is 4.74 Å². The molecule has 0 spiro atoms. The van der Waals surface area contributed by atoms with Gasteiger partial charge in [0.05, 0.1) is 6.61 Å². The number of ether oxygens (including phenoxy) is 1. The summed E-state index contributed by atoms with van der Waals surface area (Å²) < 4.78 is 18.8. The Morgan fingerprint density at radius 1 is 1.19 bits per heavy atom. The summed E-state index contributed by atoms with van der Waals surface area (Å²) >= 11 is 0. The van der Waals surface area contributed by atoms with E-state index in [0.29, 0.717) is 30.0 Å². The summed E-state index contributed by atoms with van der Waals surface area (Å²) in [5, 5.41) is 2.76. The summed E-state index contributed by atoms with van der Waals surface area (Å²) in [7, 11) is 0. The number of hydrogen-bond acceptors (Lipinski definition) is 3. The number of benzene rings is 2. The molecule has 1 N–H and O–H groups in total. The van der Waals surface area contributed by atoms with Crippen LogP contribution in [-0.4, -0.2) is 31.6 Å². The molecule has 0 atom stereocenters. The van der Waals surface area contributed by atoms with Crippen molar-refractivity contribution >= 4 is 29.3 Å². The lowest BCUT2D eigenvalue weighted by atomic mass is 10.1. The van der Waals surface area contributed by atoms with Crippen molar-refractivity contribution in [2.45, 2.75) is 6.92 Å². The highest BCUT2D eigenvalue weighted by atomic mass is 19.1. The number of halogens is 1. The first-order chi connectivity index (χ1) is 12.5. The van der Waals surface area contributed by atoms with E-state index in [2.05, 4.69) is 5.32 Å². The van der Waals surface area contributed by atoms with E-state index in [1.807, 2.05) is 0 Å². The van der Waals surface area contributed by atoms with Crippen LogP contribution in [0.25, 0.3) is 6.08 Å². The Hall–Kier alpha value is -2.99. The van der Waals surface area contributed by atoms with Gasteiger partial charge >= 0.3 is 0 Å². The zero-order valence-electron chi connectivity index (χ0n) is 14.4. The van der Waals surface area contributed by atoms with Gasteiger partial charge < -0.3 is 15.0 Å². The number of carbonyl (C=O) groups excluding carboxylic acids is 2. The molecule has 2 aromatic carbocycles. The molecule has 1 heterocycles. The molecule has 134 valence electrons. The molecular formula is C20H19FN2O3. The molecule has 0 unspecified atom stereocenters. The minimum Gasteiger partial charge on any atom is -0.370 e. The predicted octanol–water partition coefficient (Wildman–Crippen LogP) is 3.23. The molecule has 5 nitrogen and oxygen atoms in total. The average Bonchev–Trinajstić information content (AvgIpc) is 2.65. The van der Waals surface area contributed by atoms with Gasteiger partial charge in [0.15, 0.2) is 0 Å². The fourth-order valence-electron chi connectivity index (χ4n) is 2.64. The Morgan fingerprint density at radius 2 is 1.92 bits per heavy atom. The highest BCUT2D eigenvalue weighted by molar-refractivity contribution is 6.06. The third-order valence-electron chi connectivity index (χ3n) is 4.06. The number of carbonyl (C=O) groups is 2. The fraction of sp³-hybridized carbons (Fsp3) is 0.200. The number of anilines is 2. The highest BCUT2D eigenvalue weighted by Gasteiger charge is 2.20. The second-order valence-corrected chi connectivity index (χ2v) is 5.95. The number of hydrogen-bond donors (Lipinski definition) is 1. The zero-order chi connectivity index (χ0) is 18.5. The van der Waals surface area contributed by atoms with Crippen LogP contribution in [0.15, 0.2) is 54.1 Å². The van der Waals surface area contributed by atoms with Crippen LogP contribution in [0.1, 0.15) is 12.5 Å². The molecule has 1 saturated heterocycles. The maximum absolute atomic E-state index is 13.7. The maximum atomic E-state index is 13.7. The number of nitrogens with zero attached hydrogens (tertiary/aromatic N) is 1. The number of amides is 2. The van der Waals surface area contributed by atoms with Crippen molar-refractivity contribution in [2.75, 3.05) is 30.0 Å². The highest BCUT2D eigenvalue weighted by Crippen LogP contribution is 2.20. The van der Waals surface area contributed by atoms with Gasteiger partial charge in [-0.1, -0.05) is 18.2 Å². The lowest BCUT2D eigenvalue weighted by Crippen LogP contribution is -2.41. The first-order valence-corrected chi connectivity index (χ1v) is 8.27. The first kappa shape index (κ1) is 17.8. The van der Waals surface area contributed by atoms with Crippen molar-refractivity contribution < 1.29 is 18.7 Å². The van der Waals surface area contributed by atoms with Crippen LogP contribution in [0.4, 0.5) is 15.8 Å². The zero-order valence-corrected chi connectivity index (χ0v) is 14.4. The molecule has 0 aliphatic carbocycles. The number of morpholine rings is 1. The lowest BCUT2D eigenvalue weighted by Gasteiger charge is -2.26. The fourth-order valence-corrected chi connectivity index (χ4v) is 2.64. The lowest BCUT2D eigenvalue weighted by molar-refractivity contribution is -0.125. The SMILES string of the molecule is C/C(=C\c1ccccc1F)C(=O)Nc1ccc(N2CCOCC2=O)cc1. The van der Waals surface area contributed by atoms with Gasteiger partial charge in [0.25, 0.3) is 11.8 Å². The van der Waals surface area contributed by atoms with Gasteiger partial charge in [-0.3, -0.25) is 9.59 Å². The van der Waals surface area contributed by atoms with E-state index in [-0.39, 0.29) is 24.2 Å². The third-order valence-corrected chi connectivity index (χ3v) is 4.06. The quantitative estimate of drug-likeness (QED) is 0.858. The van der Waals surface area contributed by atoms with E-state index in [1.165, 1.54) is 12.1 Å². The number of nitrogens with one attached hydrogen (secondary N) is 1. The Labute approximate surface area is 151 Å². The normalized spacial score (nSPS) is 15.1. The molecule has 6 heteroatoms. The van der Waals surface area contributed by atoms with Gasteiger partial charge in [-0.05, 0) is 43.3 Å². The summed E-state index contributed by atoms with van der Waals surface area (Å²) in [6.07, 6.45) is 1.51. The van der Waals surface area contributed by atoms with Crippen molar-refractivity contribution in [3.8, 4) is 0 Å². The Kier molecular flexibility index (Phi) is 5.43. The molecule has 3 rings (SSSR count). The maximum Gasteiger partial charge on any atom is 0.253 e. The van der Waals surface area contributed by atoms with Gasteiger partial charge in [-0.2, -0.15) is 0 Å². The number of rotatable bonds is 4. The van der Waals surface area contributed by atoms with Gasteiger partial charge in [0.1, 0.15) is 12.4 Å². The van der Waals surface area contributed by atoms with Gasteiger partial charge in [-0.25, -0.2) is 4.39 Å². The van der Waals surface area contributed by atoms with Crippen LogP contribution in [-0.2, 0) is 14.3 Å². The smallest absolute Gasteiger partial charge is 0.253 e. The summed E-state index contributed by atoms with van der Waals surface area (Å²) in [5.41, 5.74) is 2.11. The van der Waals surface area contributed by atoms with Crippen LogP contribution in [0.5, 0.6) is 0 Å². The van der Waals surface area contributed by atoms with Crippen LogP contribution in [0, 0.1) is 5.82 Å². The monoisotopic (exact) mass is 354 g/mol. The van der Waals surface area contributed by atoms with Crippen molar-refractivity contribution in [3.05, 3.63) is 65.5 Å². The molecular weight excluding hydrogens is 335 g/mol. The molecule has 1 fully saturated rings. The molecule has 2 amide bonds. The van der Waals surface area contributed by atoms with Crippen LogP contribution < -0.4 is 10.2 Å². The molecule has 1 aliphatic heterocycles. The molecule has 0 bridgehead atoms. The Morgan fingerprint density at radius 3 is 2.62 bits per heavy atom. The van der Waals surface area contributed by atoms with Crippen LogP contribution in [0.3, 0.4) is 0 Å². The van der Waals surface area contributed by atoms with Crippen LogP contribution >= 0.6 is 0 Å². The summed E-state index contributed by atoms with van der Waals surface area (Å²) in [6.45, 7) is 2.72. The van der Waals surface area contributed by atoms with Crippen molar-refractivity contribution in [2.24, 2.45) is 0 Å². The van der Waals surface area contributed by atoms with Gasteiger partial charge in [0, 0.05) is 29.1 Å². The van der Waals surface area contributed by atoms with Gasteiger partial charge in [0.2, 0.25) is 0 Å². The molecule has 0 saturated carbocycles. The third kappa shape index (κ3) is 4.15. The van der Waals surface area contributed by atoms with E-state index in [0.717, 1.165) is 5.69 Å². The van der Waals surface area contributed by atoms with E-state index >= 15 is 0 Å². The average molecular weight is 354 g/mol. The Balaban J connectivity index is 1.68. The second kappa shape index (κ2) is 7.93.